The molecular formula is C13H21N3O6S. The quantitative estimate of drug-likeness (QED) is 0.688. The van der Waals surface area contributed by atoms with Gasteiger partial charge in [0.05, 0.1) is 27.9 Å². The smallest absolute Gasteiger partial charge is 0.279 e. The highest BCUT2D eigenvalue weighted by atomic mass is 32.2. The first-order chi connectivity index (χ1) is 10.7. The summed E-state index contributed by atoms with van der Waals surface area (Å²) in [5.41, 5.74) is 0.383. The molecular weight excluding hydrogens is 326 g/mol. The molecule has 0 radical (unpaired) electrons. The van der Waals surface area contributed by atoms with E-state index in [1.165, 1.54) is 35.4 Å². The van der Waals surface area contributed by atoms with Gasteiger partial charge >= 0.3 is 0 Å². The van der Waals surface area contributed by atoms with E-state index >= 15 is 0 Å². The van der Waals surface area contributed by atoms with Crippen LogP contribution in [0.1, 0.15) is 0 Å². The highest BCUT2D eigenvalue weighted by Crippen LogP contribution is 2.39. The lowest BCUT2D eigenvalue weighted by molar-refractivity contribution is -0.115. The molecule has 1 rings (SSSR count). The first-order valence-electron chi connectivity index (χ1n) is 6.52. The Bertz CT molecular complexity index is 635. The second-order valence-electron chi connectivity index (χ2n) is 4.57. The lowest BCUT2D eigenvalue weighted by Gasteiger charge is -2.15. The molecule has 0 aliphatic rings. The van der Waals surface area contributed by atoms with Crippen molar-refractivity contribution in [3.63, 3.8) is 0 Å². The van der Waals surface area contributed by atoms with Gasteiger partial charge in [0.25, 0.3) is 10.2 Å². The lowest BCUT2D eigenvalue weighted by atomic mass is 10.2. The molecule has 130 valence electrons. The largest absolute Gasteiger partial charge is 0.493 e. The number of carbonyl (C=O) groups is 1. The number of hydrogen-bond donors (Lipinski definition) is 2. The zero-order chi connectivity index (χ0) is 17.6. The third kappa shape index (κ3) is 4.98. The molecule has 0 heterocycles. The average molecular weight is 347 g/mol. The minimum absolute atomic E-state index is 0.371. The first-order valence-corrected chi connectivity index (χ1v) is 7.96. The van der Waals surface area contributed by atoms with E-state index in [9.17, 15) is 13.2 Å². The number of amides is 1. The van der Waals surface area contributed by atoms with Gasteiger partial charge in [0.15, 0.2) is 11.5 Å². The zero-order valence-electron chi connectivity index (χ0n) is 13.7. The van der Waals surface area contributed by atoms with E-state index in [0.717, 1.165) is 4.31 Å². The van der Waals surface area contributed by atoms with E-state index in [0.29, 0.717) is 22.9 Å². The molecule has 2 N–H and O–H groups in total. The normalized spacial score (nSPS) is 11.2. The van der Waals surface area contributed by atoms with Crippen molar-refractivity contribution in [2.45, 2.75) is 0 Å². The second-order valence-corrected chi connectivity index (χ2v) is 6.54. The van der Waals surface area contributed by atoms with Crippen LogP contribution in [-0.4, -0.2) is 60.6 Å². The molecule has 1 aromatic carbocycles. The van der Waals surface area contributed by atoms with E-state index in [1.54, 1.807) is 12.1 Å². The molecule has 0 aliphatic heterocycles. The molecule has 10 heteroatoms. The Kier molecular flexibility index (Phi) is 6.61. The van der Waals surface area contributed by atoms with Gasteiger partial charge in [-0.05, 0) is 0 Å². The monoisotopic (exact) mass is 347 g/mol. The molecule has 0 saturated carbocycles. The number of methoxy groups -OCH3 is 3. The van der Waals surface area contributed by atoms with E-state index in [4.69, 9.17) is 14.2 Å². The molecule has 0 fully saturated rings. The summed E-state index contributed by atoms with van der Waals surface area (Å²) in [4.78, 5) is 11.9. The topological polar surface area (TPSA) is 106 Å². The maximum Gasteiger partial charge on any atom is 0.279 e. The van der Waals surface area contributed by atoms with Crippen LogP contribution in [0.2, 0.25) is 0 Å². The highest BCUT2D eigenvalue weighted by Gasteiger charge is 2.17. The minimum Gasteiger partial charge on any atom is -0.493 e. The summed E-state index contributed by atoms with van der Waals surface area (Å²) in [6.07, 6.45) is 0. The predicted octanol–water partition coefficient (Wildman–Crippen LogP) is 0.0469. The summed E-state index contributed by atoms with van der Waals surface area (Å²) < 4.78 is 41.8. The van der Waals surface area contributed by atoms with Gasteiger partial charge in [0.2, 0.25) is 11.7 Å². The van der Waals surface area contributed by atoms with Crippen LogP contribution < -0.4 is 24.2 Å². The van der Waals surface area contributed by atoms with Crippen LogP contribution in [0.3, 0.4) is 0 Å². The van der Waals surface area contributed by atoms with Crippen molar-refractivity contribution in [3.05, 3.63) is 12.1 Å². The Morgan fingerprint density at radius 1 is 1.09 bits per heavy atom. The van der Waals surface area contributed by atoms with Gasteiger partial charge in [-0.2, -0.15) is 17.4 Å². The average Bonchev–Trinajstić information content (AvgIpc) is 2.51. The number of carbonyl (C=O) groups excluding carboxylic acids is 1. The second kappa shape index (κ2) is 7.99. The number of benzene rings is 1. The third-order valence-electron chi connectivity index (χ3n) is 2.84. The van der Waals surface area contributed by atoms with Crippen LogP contribution in [-0.2, 0) is 15.0 Å². The number of hydrogen-bond acceptors (Lipinski definition) is 6. The van der Waals surface area contributed by atoms with Gasteiger partial charge in [0, 0.05) is 31.9 Å². The molecule has 0 unspecified atom stereocenters. The van der Waals surface area contributed by atoms with Crippen molar-refractivity contribution in [2.75, 3.05) is 47.3 Å². The van der Waals surface area contributed by atoms with Crippen molar-refractivity contribution in [3.8, 4) is 17.2 Å². The maximum absolute atomic E-state index is 11.9. The molecule has 0 bridgehead atoms. The summed E-state index contributed by atoms with van der Waals surface area (Å²) in [5.74, 6) is 0.595. The number of nitrogens with zero attached hydrogens (tertiary/aromatic N) is 1. The predicted molar refractivity (Wildman–Crippen MR) is 85.3 cm³/mol. The van der Waals surface area contributed by atoms with Crippen molar-refractivity contribution >= 4 is 21.8 Å². The van der Waals surface area contributed by atoms with E-state index in [2.05, 4.69) is 10.0 Å². The van der Waals surface area contributed by atoms with E-state index in [-0.39, 0.29) is 0 Å². The minimum atomic E-state index is -3.67. The molecule has 23 heavy (non-hydrogen) atoms. The fourth-order valence-corrected chi connectivity index (χ4v) is 2.22. The van der Waals surface area contributed by atoms with Crippen LogP contribution in [0.25, 0.3) is 0 Å². The number of rotatable bonds is 8. The molecule has 0 aromatic heterocycles. The van der Waals surface area contributed by atoms with E-state index < -0.39 is 22.7 Å². The summed E-state index contributed by atoms with van der Waals surface area (Å²) in [5, 5.41) is 2.55. The standard InChI is InChI=1S/C13H21N3O6S/c1-16(2)23(18,19)14-8-12(17)15-9-6-10(20-3)13(22-5)11(7-9)21-4/h6-7,14H,8H2,1-5H3,(H,15,17). The van der Waals surface area contributed by atoms with E-state index in [1.807, 2.05) is 0 Å². The Morgan fingerprint density at radius 3 is 2.00 bits per heavy atom. The lowest BCUT2D eigenvalue weighted by Crippen LogP contribution is -2.40. The van der Waals surface area contributed by atoms with Crippen LogP contribution in [0.4, 0.5) is 5.69 Å². The fourth-order valence-electron chi connectivity index (χ4n) is 1.64. The van der Waals surface area contributed by atoms with Crippen molar-refractivity contribution < 1.29 is 27.4 Å². The Hall–Kier alpha value is -2.04. The number of ether oxygens (including phenoxy) is 3. The van der Waals surface area contributed by atoms with Gasteiger partial charge in [-0.15, -0.1) is 0 Å². The molecule has 0 atom stereocenters. The molecule has 0 spiro atoms. The fraction of sp³-hybridized carbons (Fsp3) is 0.462. The maximum atomic E-state index is 11.9. The SMILES string of the molecule is COc1cc(NC(=O)CNS(=O)(=O)N(C)C)cc(OC)c1OC. The molecule has 0 saturated heterocycles. The molecule has 0 aliphatic carbocycles. The summed E-state index contributed by atoms with van der Waals surface area (Å²) >= 11 is 0. The third-order valence-corrected chi connectivity index (χ3v) is 4.31. The molecule has 9 nitrogen and oxygen atoms in total. The Labute approximate surface area is 135 Å². The highest BCUT2D eigenvalue weighted by molar-refractivity contribution is 7.87. The van der Waals surface area contributed by atoms with Crippen molar-refractivity contribution in [1.82, 2.24) is 9.03 Å². The van der Waals surface area contributed by atoms with Gasteiger partial charge in [-0.3, -0.25) is 4.79 Å². The van der Waals surface area contributed by atoms with Crippen LogP contribution in [0.5, 0.6) is 17.2 Å². The zero-order valence-corrected chi connectivity index (χ0v) is 14.5. The molecule has 1 aromatic rings. The number of nitrogens with one attached hydrogen (secondary N) is 2. The van der Waals surface area contributed by atoms with Crippen LogP contribution >= 0.6 is 0 Å². The Balaban J connectivity index is 2.87. The van der Waals surface area contributed by atoms with Crippen molar-refractivity contribution in [2.24, 2.45) is 0 Å². The van der Waals surface area contributed by atoms with Crippen molar-refractivity contribution in [1.29, 1.82) is 0 Å². The summed E-state index contributed by atoms with van der Waals surface area (Å²) in [6, 6.07) is 3.08. The van der Waals surface area contributed by atoms with Gasteiger partial charge < -0.3 is 19.5 Å². The van der Waals surface area contributed by atoms with Gasteiger partial charge in [-0.1, -0.05) is 0 Å². The van der Waals surface area contributed by atoms with Crippen LogP contribution in [0.15, 0.2) is 12.1 Å². The van der Waals surface area contributed by atoms with Gasteiger partial charge in [0.1, 0.15) is 0 Å². The number of anilines is 1. The van der Waals surface area contributed by atoms with Gasteiger partial charge in [-0.25, -0.2) is 0 Å². The Morgan fingerprint density at radius 2 is 1.61 bits per heavy atom. The van der Waals surface area contributed by atoms with Crippen LogP contribution in [0, 0.1) is 0 Å². The first kappa shape index (κ1) is 19.0. The summed E-state index contributed by atoms with van der Waals surface area (Å²) in [6.45, 7) is -0.406. The molecule has 1 amide bonds. The summed E-state index contributed by atoms with van der Waals surface area (Å²) in [7, 11) is 3.42.